The van der Waals surface area contributed by atoms with Crippen LogP contribution in [0.3, 0.4) is 0 Å². The molecule has 0 spiro atoms. The number of halogens is 1. The Morgan fingerprint density at radius 2 is 2.25 bits per heavy atom. The Hall–Kier alpha value is -1.26. The van der Waals surface area contributed by atoms with Crippen LogP contribution in [0.5, 0.6) is 0 Å². The molecule has 0 aliphatic carbocycles. The van der Waals surface area contributed by atoms with Crippen molar-refractivity contribution in [3.05, 3.63) is 40.7 Å². The molecule has 1 aromatic heterocycles. The first-order chi connectivity index (χ1) is 7.70. The highest BCUT2D eigenvalue weighted by Crippen LogP contribution is 2.26. The van der Waals surface area contributed by atoms with Crippen LogP contribution >= 0.6 is 11.3 Å². The molecule has 2 rings (SSSR count). The van der Waals surface area contributed by atoms with Crippen molar-refractivity contribution in [2.45, 2.75) is 13.5 Å². The highest BCUT2D eigenvalue weighted by Gasteiger charge is 2.06. The number of thiazole rings is 1. The van der Waals surface area contributed by atoms with Crippen molar-refractivity contribution >= 4 is 11.3 Å². The Morgan fingerprint density at radius 3 is 2.94 bits per heavy atom. The molecule has 0 saturated heterocycles. The summed E-state index contributed by atoms with van der Waals surface area (Å²) >= 11 is 1.58. The average molecular weight is 236 g/mol. The van der Waals surface area contributed by atoms with Crippen LogP contribution in [0.25, 0.3) is 10.6 Å². The molecule has 4 heteroatoms. The molecule has 1 heterocycles. The molecule has 2 aromatic rings. The lowest BCUT2D eigenvalue weighted by molar-refractivity contribution is 0.619. The van der Waals surface area contributed by atoms with Crippen LogP contribution in [0.4, 0.5) is 4.39 Å². The molecule has 0 bridgehead atoms. The number of benzene rings is 1. The fourth-order valence-corrected chi connectivity index (χ4v) is 2.34. The number of hydrogen-bond donors (Lipinski definition) is 1. The monoisotopic (exact) mass is 236 g/mol. The lowest BCUT2D eigenvalue weighted by atomic mass is 10.1. The van der Waals surface area contributed by atoms with Crippen LogP contribution in [0.15, 0.2) is 24.4 Å². The minimum absolute atomic E-state index is 0.178. The summed E-state index contributed by atoms with van der Waals surface area (Å²) in [5, 5.41) is 3.93. The van der Waals surface area contributed by atoms with E-state index in [9.17, 15) is 4.39 Å². The van der Waals surface area contributed by atoms with E-state index in [1.165, 1.54) is 6.07 Å². The average Bonchev–Trinajstić information content (AvgIpc) is 2.71. The van der Waals surface area contributed by atoms with E-state index in [0.717, 1.165) is 22.0 Å². The van der Waals surface area contributed by atoms with Crippen molar-refractivity contribution in [2.24, 2.45) is 0 Å². The minimum atomic E-state index is -0.178. The zero-order chi connectivity index (χ0) is 11.5. The van der Waals surface area contributed by atoms with Gasteiger partial charge in [-0.15, -0.1) is 11.3 Å². The van der Waals surface area contributed by atoms with E-state index >= 15 is 0 Å². The van der Waals surface area contributed by atoms with Crippen LogP contribution in [-0.2, 0) is 6.54 Å². The molecule has 0 aliphatic rings. The van der Waals surface area contributed by atoms with Crippen molar-refractivity contribution < 1.29 is 4.39 Å². The van der Waals surface area contributed by atoms with E-state index in [1.54, 1.807) is 24.3 Å². The molecular weight excluding hydrogens is 223 g/mol. The molecule has 2 nitrogen and oxygen atoms in total. The summed E-state index contributed by atoms with van der Waals surface area (Å²) in [5.74, 6) is -0.178. The third-order valence-corrected chi connectivity index (χ3v) is 3.37. The van der Waals surface area contributed by atoms with Gasteiger partial charge in [0.05, 0.1) is 0 Å². The Labute approximate surface area is 98.2 Å². The Kier molecular flexibility index (Phi) is 3.31. The number of hydrogen-bond acceptors (Lipinski definition) is 3. The Bertz CT molecular complexity index is 494. The van der Waals surface area contributed by atoms with Gasteiger partial charge in [-0.05, 0) is 25.6 Å². The number of aromatic nitrogens is 1. The van der Waals surface area contributed by atoms with Crippen molar-refractivity contribution in [3.8, 4) is 10.6 Å². The van der Waals surface area contributed by atoms with E-state index in [0.29, 0.717) is 5.56 Å². The number of aryl methyl sites for hydroxylation is 1. The van der Waals surface area contributed by atoms with Gasteiger partial charge in [-0.1, -0.05) is 12.1 Å². The van der Waals surface area contributed by atoms with Crippen LogP contribution in [0.1, 0.15) is 10.4 Å². The lowest BCUT2D eigenvalue weighted by Gasteiger charge is -1.99. The maximum absolute atomic E-state index is 13.4. The van der Waals surface area contributed by atoms with Crippen LogP contribution in [0, 0.1) is 12.7 Å². The summed E-state index contributed by atoms with van der Waals surface area (Å²) in [6, 6.07) is 5.22. The summed E-state index contributed by atoms with van der Waals surface area (Å²) in [6.45, 7) is 2.55. The third kappa shape index (κ3) is 2.28. The highest BCUT2D eigenvalue weighted by atomic mass is 32.1. The molecule has 16 heavy (non-hydrogen) atoms. The summed E-state index contributed by atoms with van der Waals surface area (Å²) in [4.78, 5) is 5.44. The molecule has 0 fully saturated rings. The van der Waals surface area contributed by atoms with Gasteiger partial charge in [-0.3, -0.25) is 0 Å². The molecule has 0 radical (unpaired) electrons. The lowest BCUT2D eigenvalue weighted by Crippen LogP contribution is -2.02. The van der Waals surface area contributed by atoms with E-state index in [1.807, 2.05) is 19.3 Å². The molecule has 0 atom stereocenters. The molecular formula is C12H13FN2S. The van der Waals surface area contributed by atoms with Gasteiger partial charge < -0.3 is 5.32 Å². The van der Waals surface area contributed by atoms with Crippen LogP contribution in [-0.4, -0.2) is 12.0 Å². The third-order valence-electron chi connectivity index (χ3n) is 2.32. The Morgan fingerprint density at radius 1 is 1.44 bits per heavy atom. The van der Waals surface area contributed by atoms with Gasteiger partial charge in [0.25, 0.3) is 0 Å². The van der Waals surface area contributed by atoms with Crippen LogP contribution in [0.2, 0.25) is 0 Å². The second-order valence-corrected chi connectivity index (χ2v) is 4.74. The predicted octanol–water partition coefficient (Wildman–Crippen LogP) is 2.98. The highest BCUT2D eigenvalue weighted by molar-refractivity contribution is 7.15. The number of nitrogens with one attached hydrogen (secondary N) is 1. The summed E-state index contributed by atoms with van der Waals surface area (Å²) < 4.78 is 13.4. The van der Waals surface area contributed by atoms with Gasteiger partial charge in [0, 0.05) is 23.2 Å². The first-order valence-electron chi connectivity index (χ1n) is 5.06. The number of rotatable bonds is 3. The van der Waals surface area contributed by atoms with E-state index < -0.39 is 0 Å². The SMILES string of the molecule is CNCc1cnc(-c2ccc(C)c(F)c2)s1. The zero-order valence-electron chi connectivity index (χ0n) is 9.25. The maximum Gasteiger partial charge on any atom is 0.126 e. The largest absolute Gasteiger partial charge is 0.315 e. The van der Waals surface area contributed by atoms with Crippen molar-refractivity contribution in [1.29, 1.82) is 0 Å². The fourth-order valence-electron chi connectivity index (χ4n) is 1.42. The molecule has 0 unspecified atom stereocenters. The van der Waals surface area contributed by atoms with Gasteiger partial charge in [0.15, 0.2) is 0 Å². The molecule has 0 aliphatic heterocycles. The van der Waals surface area contributed by atoms with E-state index in [4.69, 9.17) is 0 Å². The second kappa shape index (κ2) is 4.72. The zero-order valence-corrected chi connectivity index (χ0v) is 10.1. The fraction of sp³-hybridized carbons (Fsp3) is 0.250. The Balaban J connectivity index is 2.31. The van der Waals surface area contributed by atoms with Gasteiger partial charge in [0.2, 0.25) is 0 Å². The predicted molar refractivity (Wildman–Crippen MR) is 65.0 cm³/mol. The molecule has 0 amide bonds. The quantitative estimate of drug-likeness (QED) is 0.886. The van der Waals surface area contributed by atoms with Crippen molar-refractivity contribution in [3.63, 3.8) is 0 Å². The van der Waals surface area contributed by atoms with Gasteiger partial charge in [0.1, 0.15) is 10.8 Å². The minimum Gasteiger partial charge on any atom is -0.315 e. The smallest absolute Gasteiger partial charge is 0.126 e. The first kappa shape index (κ1) is 11.2. The summed E-state index contributed by atoms with van der Waals surface area (Å²) in [7, 11) is 1.89. The molecule has 1 N–H and O–H groups in total. The normalized spacial score (nSPS) is 10.7. The maximum atomic E-state index is 13.4. The second-order valence-electron chi connectivity index (χ2n) is 3.63. The summed E-state index contributed by atoms with van der Waals surface area (Å²) in [6.07, 6.45) is 1.83. The van der Waals surface area contributed by atoms with Gasteiger partial charge in [-0.2, -0.15) is 0 Å². The van der Waals surface area contributed by atoms with Crippen molar-refractivity contribution in [1.82, 2.24) is 10.3 Å². The number of nitrogens with zero attached hydrogens (tertiary/aromatic N) is 1. The van der Waals surface area contributed by atoms with Gasteiger partial charge >= 0.3 is 0 Å². The molecule has 1 aromatic carbocycles. The van der Waals surface area contributed by atoms with Crippen molar-refractivity contribution in [2.75, 3.05) is 7.05 Å². The molecule has 84 valence electrons. The topological polar surface area (TPSA) is 24.9 Å². The van der Waals surface area contributed by atoms with E-state index in [2.05, 4.69) is 10.3 Å². The van der Waals surface area contributed by atoms with E-state index in [-0.39, 0.29) is 5.82 Å². The van der Waals surface area contributed by atoms with Gasteiger partial charge in [-0.25, -0.2) is 9.37 Å². The standard InChI is InChI=1S/C12H13FN2S/c1-8-3-4-9(5-11(8)13)12-15-7-10(16-12)6-14-2/h3-5,7,14H,6H2,1-2H3. The summed E-state index contributed by atoms with van der Waals surface area (Å²) in [5.41, 5.74) is 1.51. The molecule has 0 saturated carbocycles. The first-order valence-corrected chi connectivity index (χ1v) is 5.88. The van der Waals surface area contributed by atoms with Crippen LogP contribution < -0.4 is 5.32 Å².